The number of aromatic nitrogens is 1. The van der Waals surface area contributed by atoms with Crippen LogP contribution >= 0.6 is 0 Å². The van der Waals surface area contributed by atoms with Crippen molar-refractivity contribution in [2.75, 3.05) is 59.0 Å². The van der Waals surface area contributed by atoms with E-state index in [1.807, 2.05) is 0 Å². The monoisotopic (exact) mass is 669 g/mol. The fourth-order valence-electron chi connectivity index (χ4n) is 5.37. The smallest absolute Gasteiger partial charge is 0.408 e. The summed E-state index contributed by atoms with van der Waals surface area (Å²) in [6.45, 7) is 7.64. The highest BCUT2D eigenvalue weighted by Gasteiger charge is 2.47. The Labute approximate surface area is 278 Å². The number of likely N-dealkylation sites (tertiary alicyclic amines) is 1. The standard InChI is InChI=1S/C33H41F2N7O6/c1-32(2,3)48-31(46)39-20-28(43)41-14-12-40(13-15-41)11-4-16-47-25-7-5-23(6-8-25)27-19-37-10-9-26(27)30(45)38-21-29(44)42-22-33(34,35)17-24(42)18-36/h5-10,19,24H,4,11-17,20-22H2,1-3H3,(H,38,45)(H,39,46)/t24-/m0/s1. The molecule has 2 N–H and O–H groups in total. The van der Waals surface area contributed by atoms with Gasteiger partial charge in [-0.05, 0) is 51.0 Å². The Bertz CT molecular complexity index is 1500. The van der Waals surface area contributed by atoms with E-state index in [1.165, 1.54) is 18.5 Å². The zero-order valence-corrected chi connectivity index (χ0v) is 27.3. The fourth-order valence-corrected chi connectivity index (χ4v) is 5.37. The summed E-state index contributed by atoms with van der Waals surface area (Å²) in [5.41, 5.74) is 0.811. The summed E-state index contributed by atoms with van der Waals surface area (Å²) in [6, 6.07) is 9.10. The van der Waals surface area contributed by atoms with Crippen molar-refractivity contribution in [2.24, 2.45) is 0 Å². The van der Waals surface area contributed by atoms with Gasteiger partial charge >= 0.3 is 6.09 Å². The average molecular weight is 670 g/mol. The molecule has 2 aliphatic rings. The summed E-state index contributed by atoms with van der Waals surface area (Å²) < 4.78 is 38.5. The number of rotatable bonds is 11. The molecule has 13 nitrogen and oxygen atoms in total. The van der Waals surface area contributed by atoms with Crippen LogP contribution in [0.4, 0.5) is 13.6 Å². The molecule has 15 heteroatoms. The first-order valence-corrected chi connectivity index (χ1v) is 15.7. The van der Waals surface area contributed by atoms with Gasteiger partial charge in [0.15, 0.2) is 0 Å². The second-order valence-corrected chi connectivity index (χ2v) is 12.6. The third kappa shape index (κ3) is 10.3. The van der Waals surface area contributed by atoms with Crippen molar-refractivity contribution >= 4 is 23.8 Å². The van der Waals surface area contributed by atoms with Gasteiger partial charge in [-0.15, -0.1) is 0 Å². The van der Waals surface area contributed by atoms with Gasteiger partial charge in [-0.25, -0.2) is 13.6 Å². The number of carbonyl (C=O) groups is 4. The molecule has 2 aliphatic heterocycles. The van der Waals surface area contributed by atoms with Crippen LogP contribution in [0.15, 0.2) is 42.7 Å². The minimum absolute atomic E-state index is 0.104. The molecule has 48 heavy (non-hydrogen) atoms. The number of carbonyl (C=O) groups excluding carboxylic acids is 4. The number of alkyl halides is 2. The molecule has 0 aliphatic carbocycles. The van der Waals surface area contributed by atoms with Gasteiger partial charge in [-0.1, -0.05) is 12.1 Å². The molecule has 1 atom stereocenters. The number of nitrogens with zero attached hydrogens (tertiary/aromatic N) is 5. The lowest BCUT2D eigenvalue weighted by Gasteiger charge is -2.34. The van der Waals surface area contributed by atoms with E-state index in [1.54, 1.807) is 56.0 Å². The van der Waals surface area contributed by atoms with Crippen molar-refractivity contribution in [1.82, 2.24) is 30.3 Å². The van der Waals surface area contributed by atoms with E-state index >= 15 is 0 Å². The van der Waals surface area contributed by atoms with Gasteiger partial charge in [0.05, 0.1) is 31.3 Å². The molecule has 2 saturated heterocycles. The van der Waals surface area contributed by atoms with Crippen LogP contribution in [0.5, 0.6) is 5.75 Å². The number of hydrogen-bond acceptors (Lipinski definition) is 9. The number of piperazine rings is 1. The van der Waals surface area contributed by atoms with Gasteiger partial charge in [0.2, 0.25) is 11.8 Å². The molecular formula is C33H41F2N7O6. The van der Waals surface area contributed by atoms with Crippen molar-refractivity contribution in [3.63, 3.8) is 0 Å². The van der Waals surface area contributed by atoms with E-state index in [9.17, 15) is 28.0 Å². The zero-order chi connectivity index (χ0) is 34.9. The molecule has 258 valence electrons. The van der Waals surface area contributed by atoms with E-state index < -0.39 is 55.0 Å². The van der Waals surface area contributed by atoms with Gasteiger partial charge in [0.25, 0.3) is 11.8 Å². The molecule has 0 saturated carbocycles. The number of amides is 4. The Morgan fingerprint density at radius 3 is 2.38 bits per heavy atom. The Hall–Kier alpha value is -4.84. The number of halogens is 2. The molecule has 0 unspecified atom stereocenters. The number of nitrogens with one attached hydrogen (secondary N) is 2. The largest absolute Gasteiger partial charge is 0.494 e. The Morgan fingerprint density at radius 2 is 1.71 bits per heavy atom. The molecule has 4 amide bonds. The van der Waals surface area contributed by atoms with E-state index in [-0.39, 0.29) is 18.0 Å². The second-order valence-electron chi connectivity index (χ2n) is 12.6. The molecular weight excluding hydrogens is 628 g/mol. The van der Waals surface area contributed by atoms with E-state index in [0.29, 0.717) is 36.6 Å². The number of alkyl carbamates (subject to hydrolysis) is 1. The van der Waals surface area contributed by atoms with Gasteiger partial charge in [0, 0.05) is 57.1 Å². The van der Waals surface area contributed by atoms with Crippen LogP contribution in [0.2, 0.25) is 0 Å². The van der Waals surface area contributed by atoms with Crippen LogP contribution in [-0.4, -0.2) is 120 Å². The lowest BCUT2D eigenvalue weighted by atomic mass is 10.0. The SMILES string of the molecule is CC(C)(C)OC(=O)NCC(=O)N1CCN(CCCOc2ccc(-c3cnccc3C(=O)NCC(=O)N3CC(F)(F)C[C@H]3C#N)cc2)CC1. The summed E-state index contributed by atoms with van der Waals surface area (Å²) in [6.07, 6.45) is 2.38. The summed E-state index contributed by atoms with van der Waals surface area (Å²) >= 11 is 0. The van der Waals surface area contributed by atoms with Crippen LogP contribution in [0, 0.1) is 11.3 Å². The lowest BCUT2D eigenvalue weighted by molar-refractivity contribution is -0.132. The molecule has 1 aromatic heterocycles. The predicted molar refractivity (Wildman–Crippen MR) is 170 cm³/mol. The number of pyridine rings is 1. The van der Waals surface area contributed by atoms with Crippen LogP contribution in [-0.2, 0) is 14.3 Å². The quantitative estimate of drug-likeness (QED) is 0.344. The van der Waals surface area contributed by atoms with Crippen LogP contribution in [0.1, 0.15) is 44.0 Å². The van der Waals surface area contributed by atoms with E-state index in [2.05, 4.69) is 20.5 Å². The Kier molecular flexibility index (Phi) is 11.9. The zero-order valence-electron chi connectivity index (χ0n) is 27.3. The highest BCUT2D eigenvalue weighted by molar-refractivity contribution is 6.02. The Morgan fingerprint density at radius 1 is 1.02 bits per heavy atom. The van der Waals surface area contributed by atoms with Gasteiger partial charge < -0.3 is 29.9 Å². The molecule has 2 aromatic rings. The maximum atomic E-state index is 13.7. The topological polar surface area (TPSA) is 157 Å². The average Bonchev–Trinajstić information content (AvgIpc) is 3.38. The van der Waals surface area contributed by atoms with Crippen molar-refractivity contribution in [3.8, 4) is 22.9 Å². The molecule has 0 radical (unpaired) electrons. The van der Waals surface area contributed by atoms with E-state index in [0.717, 1.165) is 31.0 Å². The summed E-state index contributed by atoms with van der Waals surface area (Å²) in [4.78, 5) is 58.6. The minimum Gasteiger partial charge on any atom is -0.494 e. The molecule has 0 spiro atoms. The van der Waals surface area contributed by atoms with Gasteiger partial charge in [-0.2, -0.15) is 5.26 Å². The van der Waals surface area contributed by atoms with E-state index in [4.69, 9.17) is 14.7 Å². The number of benzene rings is 1. The van der Waals surface area contributed by atoms with Crippen LogP contribution < -0.4 is 15.4 Å². The van der Waals surface area contributed by atoms with Crippen molar-refractivity contribution in [3.05, 3.63) is 48.3 Å². The lowest BCUT2D eigenvalue weighted by Crippen LogP contribution is -2.51. The molecule has 0 bridgehead atoms. The highest BCUT2D eigenvalue weighted by atomic mass is 19.3. The summed E-state index contributed by atoms with van der Waals surface area (Å²) in [5.74, 6) is -3.99. The van der Waals surface area contributed by atoms with Gasteiger partial charge in [-0.3, -0.25) is 24.3 Å². The van der Waals surface area contributed by atoms with Crippen molar-refractivity contribution in [2.45, 2.75) is 51.2 Å². The van der Waals surface area contributed by atoms with Crippen molar-refractivity contribution < 1.29 is 37.4 Å². The molecule has 4 rings (SSSR count). The van der Waals surface area contributed by atoms with Crippen LogP contribution in [0.3, 0.4) is 0 Å². The molecule has 2 fully saturated rings. The minimum atomic E-state index is -3.14. The summed E-state index contributed by atoms with van der Waals surface area (Å²) in [7, 11) is 0. The number of nitriles is 1. The summed E-state index contributed by atoms with van der Waals surface area (Å²) in [5, 5.41) is 14.1. The molecule has 1 aromatic carbocycles. The van der Waals surface area contributed by atoms with Crippen molar-refractivity contribution in [1.29, 1.82) is 5.26 Å². The third-order valence-electron chi connectivity index (χ3n) is 7.77. The second kappa shape index (κ2) is 15.8. The molecule has 3 heterocycles. The first kappa shape index (κ1) is 36.0. The third-order valence-corrected chi connectivity index (χ3v) is 7.77. The number of ether oxygens (including phenoxy) is 2. The first-order chi connectivity index (χ1) is 22.7. The predicted octanol–water partition coefficient (Wildman–Crippen LogP) is 2.68. The Balaban J connectivity index is 1.18. The normalized spacial score (nSPS) is 17.7. The van der Waals surface area contributed by atoms with Crippen LogP contribution in [0.25, 0.3) is 11.1 Å². The van der Waals surface area contributed by atoms with Gasteiger partial charge in [0.1, 0.15) is 23.9 Å². The maximum absolute atomic E-state index is 13.7. The maximum Gasteiger partial charge on any atom is 0.408 e. The highest BCUT2D eigenvalue weighted by Crippen LogP contribution is 2.31. The fraction of sp³-hybridized carbons (Fsp3) is 0.515. The number of hydrogen-bond donors (Lipinski definition) is 2. The first-order valence-electron chi connectivity index (χ1n) is 15.7.